The summed E-state index contributed by atoms with van der Waals surface area (Å²) in [5.74, 6) is -1.82. The monoisotopic (exact) mass is 313 g/mol. The van der Waals surface area contributed by atoms with Crippen molar-refractivity contribution in [2.45, 2.75) is 25.5 Å². The number of amides is 1. The van der Waals surface area contributed by atoms with E-state index in [1.54, 1.807) is 42.5 Å². The topological polar surface area (TPSA) is 86.6 Å². The molecule has 0 radical (unpaired) electrons. The molecule has 0 aromatic heterocycles. The minimum absolute atomic E-state index is 0.417. The van der Waals surface area contributed by atoms with Gasteiger partial charge in [0.25, 0.3) is 5.91 Å². The van der Waals surface area contributed by atoms with Crippen molar-refractivity contribution in [3.8, 4) is 0 Å². The van der Waals surface area contributed by atoms with E-state index in [9.17, 15) is 14.7 Å². The highest BCUT2D eigenvalue weighted by molar-refractivity contribution is 5.95. The van der Waals surface area contributed by atoms with Gasteiger partial charge in [0.1, 0.15) is 0 Å². The molecule has 0 aliphatic rings. The molecule has 2 aromatic carbocycles. The summed E-state index contributed by atoms with van der Waals surface area (Å²) in [6.45, 7) is 2.02. The van der Waals surface area contributed by atoms with Crippen molar-refractivity contribution in [2.24, 2.45) is 0 Å². The quantitative estimate of drug-likeness (QED) is 0.763. The van der Waals surface area contributed by atoms with E-state index in [1.165, 1.54) is 0 Å². The molecule has 1 amide bonds. The van der Waals surface area contributed by atoms with Gasteiger partial charge in [-0.25, -0.2) is 4.79 Å². The molecule has 0 aliphatic heterocycles. The molecule has 0 bridgehead atoms. The number of carbonyl (C=O) groups excluding carboxylic acids is 1. The van der Waals surface area contributed by atoms with E-state index >= 15 is 0 Å². The van der Waals surface area contributed by atoms with Crippen LogP contribution in [0.5, 0.6) is 0 Å². The van der Waals surface area contributed by atoms with Crippen molar-refractivity contribution in [3.63, 3.8) is 0 Å². The molecule has 2 atom stereocenters. The summed E-state index contributed by atoms with van der Waals surface area (Å²) in [5.41, 5.74) is 2.05. The molecule has 0 saturated heterocycles. The van der Waals surface area contributed by atoms with Gasteiger partial charge in [0.2, 0.25) is 0 Å². The van der Waals surface area contributed by atoms with Gasteiger partial charge in [0.15, 0.2) is 6.10 Å². The third kappa shape index (κ3) is 4.17. The van der Waals surface area contributed by atoms with Gasteiger partial charge in [0, 0.05) is 5.56 Å². The Hall–Kier alpha value is -2.66. The van der Waals surface area contributed by atoms with E-state index in [4.69, 9.17) is 5.11 Å². The Kier molecular flexibility index (Phi) is 5.49. The second kappa shape index (κ2) is 7.56. The van der Waals surface area contributed by atoms with Gasteiger partial charge in [-0.3, -0.25) is 4.79 Å². The van der Waals surface area contributed by atoms with Gasteiger partial charge in [0.05, 0.1) is 6.04 Å². The number of aliphatic hydroxyl groups excluding tert-OH is 1. The van der Waals surface area contributed by atoms with Crippen molar-refractivity contribution < 1.29 is 19.8 Å². The summed E-state index contributed by atoms with van der Waals surface area (Å²) in [5, 5.41) is 21.6. The van der Waals surface area contributed by atoms with Crippen LogP contribution in [-0.2, 0) is 11.2 Å². The molecule has 3 N–H and O–H groups in total. The van der Waals surface area contributed by atoms with Crippen LogP contribution >= 0.6 is 0 Å². The average Bonchev–Trinajstić information content (AvgIpc) is 2.59. The molecule has 2 aromatic rings. The van der Waals surface area contributed by atoms with Crippen LogP contribution in [0.25, 0.3) is 0 Å². The van der Waals surface area contributed by atoms with Crippen LogP contribution in [0.4, 0.5) is 0 Å². The highest BCUT2D eigenvalue weighted by Crippen LogP contribution is 2.18. The van der Waals surface area contributed by atoms with Crippen LogP contribution in [0, 0.1) is 0 Å². The average molecular weight is 313 g/mol. The number of carboxylic acids is 1. The molecule has 0 spiro atoms. The van der Waals surface area contributed by atoms with Crippen molar-refractivity contribution in [2.75, 3.05) is 0 Å². The van der Waals surface area contributed by atoms with E-state index in [0.29, 0.717) is 11.1 Å². The maximum absolute atomic E-state index is 12.3. The Morgan fingerprint density at radius 2 is 1.65 bits per heavy atom. The zero-order chi connectivity index (χ0) is 16.8. The Bertz CT molecular complexity index is 667. The summed E-state index contributed by atoms with van der Waals surface area (Å²) >= 11 is 0. The first-order valence-electron chi connectivity index (χ1n) is 7.38. The standard InChI is InChI=1S/C18H19NO4/c1-2-12-8-10-14(11-9-12)17(21)19-15(16(20)18(22)23)13-6-4-3-5-7-13/h3-11,15-16,20H,2H2,1H3,(H,19,21)(H,22,23)/t15-,16+/m0/s1. The number of aryl methyl sites for hydroxylation is 1. The molecule has 0 saturated carbocycles. The predicted octanol–water partition coefficient (Wildman–Crippen LogP) is 2.17. The molecule has 120 valence electrons. The lowest BCUT2D eigenvalue weighted by molar-refractivity contribution is -0.148. The van der Waals surface area contributed by atoms with Crippen molar-refractivity contribution in [1.82, 2.24) is 5.32 Å². The summed E-state index contributed by atoms with van der Waals surface area (Å²) < 4.78 is 0. The van der Waals surface area contributed by atoms with Crippen LogP contribution < -0.4 is 5.32 Å². The number of aliphatic hydroxyl groups is 1. The molecule has 5 nitrogen and oxygen atoms in total. The zero-order valence-electron chi connectivity index (χ0n) is 12.8. The molecular formula is C18H19NO4. The number of hydrogen-bond donors (Lipinski definition) is 3. The largest absolute Gasteiger partial charge is 0.479 e. The normalized spacial score (nSPS) is 13.1. The highest BCUT2D eigenvalue weighted by Gasteiger charge is 2.29. The Morgan fingerprint density at radius 1 is 1.04 bits per heavy atom. The summed E-state index contributed by atoms with van der Waals surface area (Å²) in [6.07, 6.45) is -0.858. The molecule has 5 heteroatoms. The fraction of sp³-hybridized carbons (Fsp3) is 0.222. The molecular weight excluding hydrogens is 294 g/mol. The number of hydrogen-bond acceptors (Lipinski definition) is 3. The Morgan fingerprint density at radius 3 is 2.17 bits per heavy atom. The van der Waals surface area contributed by atoms with Crippen molar-refractivity contribution in [1.29, 1.82) is 0 Å². The SMILES string of the molecule is CCc1ccc(C(=O)N[C@@H](c2ccccc2)[C@@H](O)C(=O)O)cc1. The second-order valence-corrected chi connectivity index (χ2v) is 5.20. The number of carbonyl (C=O) groups is 2. The van der Waals surface area contributed by atoms with Crippen LogP contribution in [0.2, 0.25) is 0 Å². The number of nitrogens with one attached hydrogen (secondary N) is 1. The van der Waals surface area contributed by atoms with Crippen LogP contribution in [0.15, 0.2) is 54.6 Å². The van der Waals surface area contributed by atoms with E-state index in [2.05, 4.69) is 5.32 Å². The van der Waals surface area contributed by atoms with Gasteiger partial charge in [-0.15, -0.1) is 0 Å². The van der Waals surface area contributed by atoms with Crippen LogP contribution in [-0.4, -0.2) is 28.2 Å². The highest BCUT2D eigenvalue weighted by atomic mass is 16.4. The first-order valence-corrected chi connectivity index (χ1v) is 7.38. The summed E-state index contributed by atoms with van der Waals surface area (Å²) in [6, 6.07) is 14.6. The molecule has 23 heavy (non-hydrogen) atoms. The maximum Gasteiger partial charge on any atom is 0.335 e. The fourth-order valence-corrected chi connectivity index (χ4v) is 2.26. The van der Waals surface area contributed by atoms with E-state index in [1.807, 2.05) is 19.1 Å². The minimum atomic E-state index is -1.73. The number of carboxylic acid groups (broad SMARTS) is 1. The lowest BCUT2D eigenvalue weighted by Gasteiger charge is -2.22. The fourth-order valence-electron chi connectivity index (χ4n) is 2.26. The van der Waals surface area contributed by atoms with E-state index in [-0.39, 0.29) is 0 Å². The number of rotatable bonds is 6. The summed E-state index contributed by atoms with van der Waals surface area (Å²) in [4.78, 5) is 23.5. The van der Waals surface area contributed by atoms with Gasteiger partial charge < -0.3 is 15.5 Å². The number of aliphatic carboxylic acids is 1. The smallest absolute Gasteiger partial charge is 0.335 e. The first-order chi connectivity index (χ1) is 11.0. The van der Waals surface area contributed by atoms with Gasteiger partial charge in [-0.2, -0.15) is 0 Å². The van der Waals surface area contributed by atoms with Gasteiger partial charge >= 0.3 is 5.97 Å². The van der Waals surface area contributed by atoms with E-state index in [0.717, 1.165) is 12.0 Å². The lowest BCUT2D eigenvalue weighted by Crippen LogP contribution is -2.40. The predicted molar refractivity (Wildman–Crippen MR) is 86.1 cm³/mol. The van der Waals surface area contributed by atoms with Crippen LogP contribution in [0.3, 0.4) is 0 Å². The van der Waals surface area contributed by atoms with Crippen molar-refractivity contribution in [3.05, 3.63) is 71.3 Å². The molecule has 0 heterocycles. The van der Waals surface area contributed by atoms with Crippen LogP contribution in [0.1, 0.15) is 34.5 Å². The second-order valence-electron chi connectivity index (χ2n) is 5.20. The molecule has 0 fully saturated rings. The Balaban J connectivity index is 2.22. The Labute approximate surface area is 134 Å². The third-order valence-corrected chi connectivity index (χ3v) is 3.64. The molecule has 2 rings (SSSR count). The number of benzene rings is 2. The van der Waals surface area contributed by atoms with Crippen molar-refractivity contribution >= 4 is 11.9 Å². The summed E-state index contributed by atoms with van der Waals surface area (Å²) in [7, 11) is 0. The zero-order valence-corrected chi connectivity index (χ0v) is 12.8. The molecule has 0 aliphatic carbocycles. The maximum atomic E-state index is 12.3. The van der Waals surface area contributed by atoms with E-state index < -0.39 is 24.0 Å². The first kappa shape index (κ1) is 16.7. The van der Waals surface area contributed by atoms with Gasteiger partial charge in [-0.05, 0) is 29.7 Å². The lowest BCUT2D eigenvalue weighted by atomic mass is 10.0. The molecule has 0 unspecified atom stereocenters. The minimum Gasteiger partial charge on any atom is -0.479 e. The van der Waals surface area contributed by atoms with Gasteiger partial charge in [-0.1, -0.05) is 49.4 Å². The third-order valence-electron chi connectivity index (χ3n) is 3.64.